The van der Waals surface area contributed by atoms with E-state index in [1.807, 2.05) is 18.2 Å². The van der Waals surface area contributed by atoms with Gasteiger partial charge in [-0.2, -0.15) is 0 Å². The van der Waals surface area contributed by atoms with E-state index >= 15 is 0 Å². The minimum Gasteiger partial charge on any atom is -0.478 e. The van der Waals surface area contributed by atoms with Crippen molar-refractivity contribution in [3.63, 3.8) is 0 Å². The number of morpholine rings is 1. The topological polar surface area (TPSA) is 62.7 Å². The molecule has 108 valence electrons. The average Bonchev–Trinajstić information content (AvgIpc) is 2.84. The maximum atomic E-state index is 11.2. The van der Waals surface area contributed by atoms with Crippen molar-refractivity contribution < 1.29 is 14.6 Å². The van der Waals surface area contributed by atoms with Crippen molar-refractivity contribution in [2.75, 3.05) is 18.0 Å². The summed E-state index contributed by atoms with van der Waals surface area (Å²) in [6, 6.07) is 8.99. The number of rotatable bonds is 2. The maximum absolute atomic E-state index is 11.2. The molecule has 1 aromatic carbocycles. The van der Waals surface area contributed by atoms with Crippen LogP contribution >= 0.6 is 0 Å². The molecule has 2 fully saturated rings. The Labute approximate surface area is 122 Å². The van der Waals surface area contributed by atoms with Crippen LogP contribution in [0.4, 0.5) is 5.82 Å². The van der Waals surface area contributed by atoms with Gasteiger partial charge < -0.3 is 14.7 Å². The van der Waals surface area contributed by atoms with E-state index in [2.05, 4.69) is 9.88 Å². The summed E-state index contributed by atoms with van der Waals surface area (Å²) in [5.41, 5.74) is 1.03. The Morgan fingerprint density at radius 3 is 2.67 bits per heavy atom. The van der Waals surface area contributed by atoms with Crippen molar-refractivity contribution in [3.05, 3.63) is 35.9 Å². The second kappa shape index (κ2) is 4.70. The average molecular weight is 284 g/mol. The van der Waals surface area contributed by atoms with Crippen molar-refractivity contribution >= 4 is 22.7 Å². The predicted molar refractivity (Wildman–Crippen MR) is 78.8 cm³/mol. The molecule has 2 saturated heterocycles. The van der Waals surface area contributed by atoms with E-state index in [1.54, 1.807) is 12.1 Å². The standard InChI is InChI=1S/C16H16N2O3/c19-16(20)13-2-1-3-14-12(13)6-7-15(17-14)18-8-10-4-5-11(9-18)21-10/h1-3,6-7,10-11H,4-5,8-9H2,(H,19,20). The molecule has 0 radical (unpaired) electrons. The number of anilines is 1. The van der Waals surface area contributed by atoms with E-state index in [0.717, 1.165) is 37.3 Å². The number of carboxylic acids is 1. The van der Waals surface area contributed by atoms with Crippen molar-refractivity contribution in [2.24, 2.45) is 0 Å². The normalized spacial score (nSPS) is 24.5. The Morgan fingerprint density at radius 2 is 1.95 bits per heavy atom. The number of nitrogens with zero attached hydrogens (tertiary/aromatic N) is 2. The monoisotopic (exact) mass is 284 g/mol. The van der Waals surface area contributed by atoms with Crippen LogP contribution in [0.2, 0.25) is 0 Å². The van der Waals surface area contributed by atoms with E-state index < -0.39 is 5.97 Å². The largest absolute Gasteiger partial charge is 0.478 e. The highest BCUT2D eigenvalue weighted by atomic mass is 16.5. The lowest BCUT2D eigenvalue weighted by Gasteiger charge is -2.33. The Hall–Kier alpha value is -2.14. The highest BCUT2D eigenvalue weighted by Gasteiger charge is 2.34. The summed E-state index contributed by atoms with van der Waals surface area (Å²) in [4.78, 5) is 18.1. The fourth-order valence-corrected chi connectivity index (χ4v) is 3.31. The third-order valence-electron chi connectivity index (χ3n) is 4.32. The highest BCUT2D eigenvalue weighted by molar-refractivity contribution is 6.02. The molecule has 2 unspecified atom stereocenters. The summed E-state index contributed by atoms with van der Waals surface area (Å²) in [6.07, 6.45) is 2.87. The molecule has 2 aliphatic heterocycles. The zero-order valence-corrected chi connectivity index (χ0v) is 11.5. The van der Waals surface area contributed by atoms with Crippen LogP contribution in [0, 0.1) is 0 Å². The number of fused-ring (bicyclic) bond motifs is 3. The first-order valence-electron chi connectivity index (χ1n) is 7.24. The summed E-state index contributed by atoms with van der Waals surface area (Å²) >= 11 is 0. The third kappa shape index (κ3) is 2.14. The number of carbonyl (C=O) groups is 1. The fraction of sp³-hybridized carbons (Fsp3) is 0.375. The summed E-state index contributed by atoms with van der Waals surface area (Å²) < 4.78 is 5.84. The van der Waals surface area contributed by atoms with Crippen LogP contribution in [0.3, 0.4) is 0 Å². The molecule has 21 heavy (non-hydrogen) atoms. The van der Waals surface area contributed by atoms with Crippen molar-refractivity contribution in [1.82, 2.24) is 4.98 Å². The van der Waals surface area contributed by atoms with E-state index in [0.29, 0.717) is 23.2 Å². The molecule has 0 saturated carbocycles. The number of aromatic carboxylic acids is 1. The smallest absolute Gasteiger partial charge is 0.336 e. The van der Waals surface area contributed by atoms with Gasteiger partial charge in [-0.05, 0) is 37.1 Å². The molecule has 1 N–H and O–H groups in total. The molecule has 4 rings (SSSR count). The number of ether oxygens (including phenoxy) is 1. The summed E-state index contributed by atoms with van der Waals surface area (Å²) in [6.45, 7) is 1.74. The molecule has 2 aliphatic rings. The molecule has 2 aromatic rings. The van der Waals surface area contributed by atoms with Gasteiger partial charge in [-0.25, -0.2) is 9.78 Å². The lowest BCUT2D eigenvalue weighted by molar-refractivity contribution is 0.0302. The van der Waals surface area contributed by atoms with Gasteiger partial charge in [0, 0.05) is 18.5 Å². The Bertz CT molecular complexity index is 704. The molecule has 0 aliphatic carbocycles. The molecular formula is C16H16N2O3. The van der Waals surface area contributed by atoms with Gasteiger partial charge in [-0.1, -0.05) is 6.07 Å². The van der Waals surface area contributed by atoms with Gasteiger partial charge in [-0.3, -0.25) is 0 Å². The number of hydrogen-bond donors (Lipinski definition) is 1. The first kappa shape index (κ1) is 12.6. The van der Waals surface area contributed by atoms with Gasteiger partial charge >= 0.3 is 5.97 Å². The van der Waals surface area contributed by atoms with Crippen molar-refractivity contribution in [1.29, 1.82) is 0 Å². The van der Waals surface area contributed by atoms with Gasteiger partial charge in [0.1, 0.15) is 5.82 Å². The first-order valence-corrected chi connectivity index (χ1v) is 7.24. The van der Waals surface area contributed by atoms with Gasteiger partial charge in [0.15, 0.2) is 0 Å². The van der Waals surface area contributed by atoms with Crippen molar-refractivity contribution in [2.45, 2.75) is 25.0 Å². The molecule has 0 spiro atoms. The minimum absolute atomic E-state index is 0.300. The number of carboxylic acid groups (broad SMARTS) is 1. The Morgan fingerprint density at radius 1 is 1.19 bits per heavy atom. The number of benzene rings is 1. The Balaban J connectivity index is 1.72. The van der Waals surface area contributed by atoms with Crippen molar-refractivity contribution in [3.8, 4) is 0 Å². The summed E-state index contributed by atoms with van der Waals surface area (Å²) in [7, 11) is 0. The minimum atomic E-state index is -0.917. The SMILES string of the molecule is O=C(O)c1cccc2nc(N3CC4CCC(C3)O4)ccc12. The van der Waals surface area contributed by atoms with Gasteiger partial charge in [0.05, 0.1) is 23.3 Å². The zero-order chi connectivity index (χ0) is 14.4. The molecule has 5 heteroatoms. The quantitative estimate of drug-likeness (QED) is 0.916. The second-order valence-corrected chi connectivity index (χ2v) is 5.71. The van der Waals surface area contributed by atoms with Gasteiger partial charge in [-0.15, -0.1) is 0 Å². The van der Waals surface area contributed by atoms with Gasteiger partial charge in [0.25, 0.3) is 0 Å². The number of pyridine rings is 1. The summed E-state index contributed by atoms with van der Waals surface area (Å²) in [5, 5.41) is 9.91. The number of hydrogen-bond acceptors (Lipinski definition) is 4. The molecule has 1 aromatic heterocycles. The van der Waals surface area contributed by atoms with Crippen LogP contribution in [0.25, 0.3) is 10.9 Å². The first-order chi connectivity index (χ1) is 10.2. The van der Waals surface area contributed by atoms with Crippen LogP contribution in [0.1, 0.15) is 23.2 Å². The predicted octanol–water partition coefficient (Wildman–Crippen LogP) is 2.30. The fourth-order valence-electron chi connectivity index (χ4n) is 3.31. The molecule has 5 nitrogen and oxygen atoms in total. The van der Waals surface area contributed by atoms with Crippen LogP contribution in [0.15, 0.2) is 30.3 Å². The maximum Gasteiger partial charge on any atom is 0.336 e. The third-order valence-corrected chi connectivity index (χ3v) is 4.32. The van der Waals surface area contributed by atoms with Crippen LogP contribution < -0.4 is 4.90 Å². The van der Waals surface area contributed by atoms with E-state index in [1.165, 1.54) is 0 Å². The molecular weight excluding hydrogens is 268 g/mol. The zero-order valence-electron chi connectivity index (χ0n) is 11.5. The molecule has 2 atom stereocenters. The van der Waals surface area contributed by atoms with E-state index in [9.17, 15) is 9.90 Å². The summed E-state index contributed by atoms with van der Waals surface area (Å²) in [5.74, 6) is -0.00944. The van der Waals surface area contributed by atoms with Gasteiger partial charge in [0.2, 0.25) is 0 Å². The molecule has 2 bridgehead atoms. The Kier molecular flexibility index (Phi) is 2.82. The van der Waals surface area contributed by atoms with Crippen LogP contribution in [0.5, 0.6) is 0 Å². The lowest BCUT2D eigenvalue weighted by Crippen LogP contribution is -2.43. The number of aromatic nitrogens is 1. The second-order valence-electron chi connectivity index (χ2n) is 5.71. The lowest BCUT2D eigenvalue weighted by atomic mass is 10.1. The van der Waals surface area contributed by atoms with E-state index in [4.69, 9.17) is 4.74 Å². The molecule has 3 heterocycles. The van der Waals surface area contributed by atoms with Crippen LogP contribution in [-0.4, -0.2) is 41.4 Å². The molecule has 0 amide bonds. The van der Waals surface area contributed by atoms with E-state index in [-0.39, 0.29) is 0 Å². The van der Waals surface area contributed by atoms with Crippen LogP contribution in [-0.2, 0) is 4.74 Å². The highest BCUT2D eigenvalue weighted by Crippen LogP contribution is 2.30.